The molecule has 508 valence electrons. The maximum absolute atomic E-state index is 15.2. The van der Waals surface area contributed by atoms with E-state index in [1.807, 2.05) is 0 Å². The average Bonchev–Trinajstić information content (AvgIpc) is 1.51. The molecule has 0 spiro atoms. The molecular weight excluding hydrogens is 1280 g/mol. The van der Waals surface area contributed by atoms with Crippen LogP contribution in [0.2, 0.25) is 0 Å². The van der Waals surface area contributed by atoms with E-state index in [2.05, 4.69) is 9.97 Å². The van der Waals surface area contributed by atoms with Crippen molar-refractivity contribution in [1.82, 2.24) is 38.7 Å². The SMILES string of the molecule is [2H]c1c([2H])c(C([2H])([2H])N(CCN(C([2H])([2H])C)C([2H])([2H])C)C(=O)C([2H])([2H])n2c(SC([2H])([2H])c3ccc(F)cc3)nc(=O)c3c2C([2H])([2H])C([2H])([2H])C3([2H])[2H])c([2H])c([2H])c1-c1c([2H])c([2H])c(C(F)(F)F)c(C)c1[2H].[2H]c1c([2H])c(C([2H])([2H])Sc2nc(=O)c3c(n2C([2H])([2H])C(=O)N(CCN(C([2H])([2H])C)C([2H])([2H])C)C([2H])(C)c2ccc(-c4ccc(C(F)(F)F)cc4)cc2)CCC3)c([2H])c([2H])c1F. The summed E-state index contributed by atoms with van der Waals surface area (Å²) in [7, 11) is 0. The normalized spacial score (nSPS) is 21.9. The van der Waals surface area contributed by atoms with Gasteiger partial charge < -0.3 is 28.7 Å². The number of carbonyl (C=O) groups is 2. The van der Waals surface area contributed by atoms with Gasteiger partial charge in [0.05, 0.1) is 41.8 Å². The quantitative estimate of drug-likeness (QED) is 0.0295. The van der Waals surface area contributed by atoms with Crippen molar-refractivity contribution in [3.05, 3.63) is 233 Å². The van der Waals surface area contributed by atoms with Crippen molar-refractivity contribution < 1.29 is 94.1 Å². The molecule has 8 aromatic rings. The molecule has 2 aliphatic rings. The van der Waals surface area contributed by atoms with Crippen LogP contribution in [0.25, 0.3) is 22.3 Å². The van der Waals surface area contributed by atoms with Gasteiger partial charge in [-0.05, 0) is 171 Å². The van der Waals surface area contributed by atoms with Crippen molar-refractivity contribution in [2.45, 2.75) is 140 Å². The smallest absolute Gasteiger partial charge is 0.336 e. The highest BCUT2D eigenvalue weighted by Crippen LogP contribution is 2.36. The largest absolute Gasteiger partial charge is 0.416 e. The summed E-state index contributed by atoms with van der Waals surface area (Å²) >= 11 is -0.292. The Bertz CT molecular complexity index is 5880. The van der Waals surface area contributed by atoms with Crippen LogP contribution in [0.5, 0.6) is 0 Å². The van der Waals surface area contributed by atoms with Gasteiger partial charge >= 0.3 is 12.4 Å². The number of likely N-dealkylation sites (N-methyl/N-ethyl adjacent to an activating group) is 2. The van der Waals surface area contributed by atoms with Gasteiger partial charge in [-0.25, -0.2) is 8.78 Å². The maximum atomic E-state index is 15.2. The molecule has 12 nitrogen and oxygen atoms in total. The van der Waals surface area contributed by atoms with E-state index in [0.717, 1.165) is 75.9 Å². The van der Waals surface area contributed by atoms with Crippen LogP contribution in [-0.2, 0) is 78.4 Å². The molecule has 10 rings (SSSR count). The van der Waals surface area contributed by atoms with Crippen molar-refractivity contribution in [2.75, 3.05) is 52.2 Å². The number of aromatic nitrogens is 4. The van der Waals surface area contributed by atoms with Gasteiger partial charge in [-0.1, -0.05) is 148 Å². The van der Waals surface area contributed by atoms with Gasteiger partial charge in [0, 0.05) is 91.3 Å². The Morgan fingerprint density at radius 1 is 0.604 bits per heavy atom. The van der Waals surface area contributed by atoms with Crippen molar-refractivity contribution >= 4 is 35.3 Å². The summed E-state index contributed by atoms with van der Waals surface area (Å²) in [5, 5.41) is -2.12. The van der Waals surface area contributed by atoms with Crippen molar-refractivity contribution in [1.29, 1.82) is 0 Å². The zero-order valence-corrected chi connectivity index (χ0v) is 53.1. The molecule has 2 aliphatic carbocycles. The number of alkyl halides is 6. The molecule has 0 radical (unpaired) electrons. The lowest BCUT2D eigenvalue weighted by Gasteiger charge is -2.33. The van der Waals surface area contributed by atoms with E-state index in [-0.39, 0.29) is 69.1 Å². The lowest BCUT2D eigenvalue weighted by atomic mass is 9.98. The fourth-order valence-electron chi connectivity index (χ4n) is 9.29. The van der Waals surface area contributed by atoms with Crippen LogP contribution in [0.15, 0.2) is 159 Å². The summed E-state index contributed by atoms with van der Waals surface area (Å²) in [6.45, 7) is -20.0. The molecule has 22 heteroatoms. The highest BCUT2D eigenvalue weighted by atomic mass is 32.2. The Balaban J connectivity index is 0.000000300. The monoisotopic (exact) mass is 1400 g/mol. The summed E-state index contributed by atoms with van der Waals surface area (Å²) in [6.07, 6.45) is -20.9. The van der Waals surface area contributed by atoms with Gasteiger partial charge in [-0.2, -0.15) is 36.3 Å². The van der Waals surface area contributed by atoms with Crippen molar-refractivity contribution in [2.24, 2.45) is 0 Å². The molecule has 0 saturated heterocycles. The van der Waals surface area contributed by atoms with Crippen LogP contribution < -0.4 is 11.1 Å². The molecule has 2 amide bonds. The molecule has 1 atom stereocenters. The Kier molecular flexibility index (Phi) is 13.1. The topological polar surface area (TPSA) is 117 Å². The fraction of sp³-hybridized carbons (Fsp3) is 0.378. The van der Waals surface area contributed by atoms with Crippen LogP contribution in [0.1, 0.15) is 164 Å². The first-order valence-electron chi connectivity index (χ1n) is 46.6. The van der Waals surface area contributed by atoms with Gasteiger partial charge in [-0.3, -0.25) is 19.2 Å². The minimum absolute atomic E-state index is 0.00353. The first-order chi connectivity index (χ1) is 59.6. The van der Waals surface area contributed by atoms with E-state index < -0.39 is 288 Å². The zero-order chi connectivity index (χ0) is 101. The first-order valence-corrected chi connectivity index (χ1v) is 30.2. The van der Waals surface area contributed by atoms with Gasteiger partial charge in [0.2, 0.25) is 11.8 Å². The second-order valence-electron chi connectivity index (χ2n) is 20.2. The number of thioether (sulfide) groups is 2. The molecule has 96 heavy (non-hydrogen) atoms. The molecule has 2 heterocycles. The summed E-state index contributed by atoms with van der Waals surface area (Å²) in [6, 6.07) is -3.46. The van der Waals surface area contributed by atoms with E-state index in [1.165, 1.54) is 43.3 Å². The van der Waals surface area contributed by atoms with Crippen LogP contribution in [-0.4, -0.2) is 103 Å². The van der Waals surface area contributed by atoms with E-state index in [9.17, 15) is 59.1 Å². The molecule has 0 fully saturated rings. The lowest BCUT2D eigenvalue weighted by molar-refractivity contribution is -0.138. The zero-order valence-electron chi connectivity index (χ0n) is 87.4. The molecule has 0 N–H and O–H groups in total. The molecular formula is C74H80F8N8O4S2. The predicted molar refractivity (Wildman–Crippen MR) is 363 cm³/mol. The van der Waals surface area contributed by atoms with Crippen molar-refractivity contribution in [3.63, 3.8) is 0 Å². The third kappa shape index (κ3) is 18.6. The number of nitrogens with zero attached hydrogens (tertiary/aromatic N) is 8. The minimum atomic E-state index is -5.29. The second kappa shape index (κ2) is 32.9. The average molecular weight is 1400 g/mol. The lowest BCUT2D eigenvalue weighted by Crippen LogP contribution is -2.42. The Morgan fingerprint density at radius 2 is 1.15 bits per heavy atom. The number of amides is 2. The molecule has 2 aromatic heterocycles. The van der Waals surface area contributed by atoms with Gasteiger partial charge in [0.25, 0.3) is 11.1 Å². The number of hydrogen-bond donors (Lipinski definition) is 0. The predicted octanol–water partition coefficient (Wildman–Crippen LogP) is 15.3. The number of rotatable bonds is 26. The molecule has 0 saturated carbocycles. The number of hydrogen-bond acceptors (Lipinski definition) is 10. The third-order valence-electron chi connectivity index (χ3n) is 14.2. The van der Waals surface area contributed by atoms with Crippen LogP contribution in [0, 0.1) is 18.6 Å². The molecule has 0 aliphatic heterocycles. The van der Waals surface area contributed by atoms with Gasteiger partial charge in [0.15, 0.2) is 10.3 Å². The van der Waals surface area contributed by atoms with E-state index >= 15 is 4.79 Å². The summed E-state index contributed by atoms with van der Waals surface area (Å²) in [4.78, 5) is 66.2. The van der Waals surface area contributed by atoms with Gasteiger partial charge in [-0.15, -0.1) is 0 Å². The third-order valence-corrected chi connectivity index (χ3v) is 15.8. The van der Waals surface area contributed by atoms with Gasteiger partial charge in [0.1, 0.15) is 24.6 Å². The maximum Gasteiger partial charge on any atom is 0.416 e. The number of halogens is 8. The molecule has 6 aromatic carbocycles. The van der Waals surface area contributed by atoms with Crippen LogP contribution >= 0.6 is 23.5 Å². The first kappa shape index (κ1) is 38.3. The Hall–Kier alpha value is -7.92. The molecule has 1 unspecified atom stereocenters. The number of carbonyl (C=O) groups excluding carboxylic acids is 2. The van der Waals surface area contributed by atoms with Crippen LogP contribution in [0.4, 0.5) is 35.1 Å². The summed E-state index contributed by atoms with van der Waals surface area (Å²) in [5.74, 6) is -6.26. The summed E-state index contributed by atoms with van der Waals surface area (Å²) in [5.41, 5.74) is -19.7. The summed E-state index contributed by atoms with van der Waals surface area (Å²) < 4.78 is 422. The number of fused-ring (bicyclic) bond motifs is 2. The van der Waals surface area contributed by atoms with E-state index in [0.29, 0.717) is 25.5 Å². The Morgan fingerprint density at radius 3 is 1.74 bits per heavy atom. The minimum Gasteiger partial charge on any atom is -0.336 e. The van der Waals surface area contributed by atoms with E-state index in [4.69, 9.17) is 39.8 Å². The number of benzene rings is 6. The molecule has 0 bridgehead atoms. The fourth-order valence-corrected chi connectivity index (χ4v) is 10.7. The van der Waals surface area contributed by atoms with Crippen LogP contribution in [0.3, 0.4) is 0 Å². The van der Waals surface area contributed by atoms with E-state index in [1.54, 1.807) is 0 Å². The highest BCUT2D eigenvalue weighted by Gasteiger charge is 2.34. The van der Waals surface area contributed by atoms with Crippen molar-refractivity contribution in [3.8, 4) is 22.3 Å². The standard InChI is InChI=1S/2C37H40F4N4O2S/c1-4-43(5-2)21-22-44(25(3)27-11-13-28(14-12-27)29-15-17-30(18-16-29)37(39,40)41)34(46)23-45-33-8-6-7-32(33)35(47)42-36(45)48-24-26-9-19-31(38)20-10-26;1-4-43(5-2)19-20-44(22-26-9-13-28(14-10-26)29-15-18-32(25(3)21-29)37(39,40)41)34(46)23-45-33-8-6-7-31(33)35(47)42-36(45)48-24-27-11-16-30(38)17-12-27/h9-20,25H,4-8,21-24H2,1-3H3;9-18,21H,4-8,19-20,22-24H2,1-3H3/i4D2,5D2,9D,10D,19D,20D,23D2,24D2,25D;4D2,5D2,6D2,7D2,8D2,9D,10D,13D,14D,15D,18D,21D,22D2,23D2,24D2. The Labute approximate surface area is 614 Å². The second-order valence-corrected chi connectivity index (χ2v) is 21.8. The highest BCUT2D eigenvalue weighted by molar-refractivity contribution is 7.98.